The van der Waals surface area contributed by atoms with Crippen LogP contribution in [0.25, 0.3) is 76.8 Å². The van der Waals surface area contributed by atoms with Gasteiger partial charge in [-0.15, -0.1) is 0 Å². The van der Waals surface area contributed by atoms with Gasteiger partial charge in [0, 0.05) is 43.4 Å². The first-order chi connectivity index (χ1) is 21.3. The van der Waals surface area contributed by atoms with Gasteiger partial charge in [-0.3, -0.25) is 4.90 Å². The Kier molecular flexibility index (Phi) is 3.40. The van der Waals surface area contributed by atoms with E-state index in [1.54, 1.807) is 0 Å². The van der Waals surface area contributed by atoms with Gasteiger partial charge >= 0.3 is 0 Å². The first kappa shape index (κ1) is 21.4. The van der Waals surface area contributed by atoms with Gasteiger partial charge in [0.1, 0.15) is 34.0 Å². The van der Waals surface area contributed by atoms with Crippen LogP contribution in [0.3, 0.4) is 0 Å². The second-order valence-electron chi connectivity index (χ2n) is 12.4. The van der Waals surface area contributed by atoms with Crippen molar-refractivity contribution in [3.8, 4) is 11.1 Å². The van der Waals surface area contributed by atoms with Gasteiger partial charge in [0.25, 0.3) is 0 Å². The molecule has 12 rings (SSSR count). The Morgan fingerprint density at radius 1 is 0.628 bits per heavy atom. The van der Waals surface area contributed by atoms with Crippen LogP contribution in [0.5, 0.6) is 0 Å². The fourth-order valence-electron chi connectivity index (χ4n) is 8.89. The molecule has 1 aliphatic carbocycles. The number of nitrogens with zero attached hydrogens (tertiary/aromatic N) is 2. The van der Waals surface area contributed by atoms with Crippen LogP contribution >= 0.6 is 0 Å². The second kappa shape index (κ2) is 6.83. The zero-order valence-electron chi connectivity index (χ0n) is 22.9. The molecular formula is C39H22N2O2. The summed E-state index contributed by atoms with van der Waals surface area (Å²) in [5, 5.41) is 7.30. The van der Waals surface area contributed by atoms with Gasteiger partial charge in [-0.1, -0.05) is 91.0 Å². The maximum Gasteiger partial charge on any atom is 0.136 e. The summed E-state index contributed by atoms with van der Waals surface area (Å²) in [7, 11) is 0. The largest absolute Gasteiger partial charge is 0.456 e. The molecule has 4 nitrogen and oxygen atoms in total. The van der Waals surface area contributed by atoms with E-state index in [1.165, 1.54) is 54.8 Å². The summed E-state index contributed by atoms with van der Waals surface area (Å²) in [5.74, 6) is 0. The van der Waals surface area contributed by atoms with Crippen LogP contribution in [-0.4, -0.2) is 15.5 Å². The van der Waals surface area contributed by atoms with Gasteiger partial charge in [-0.2, -0.15) is 0 Å². The minimum absolute atomic E-state index is 0.147. The highest BCUT2D eigenvalue weighted by Gasteiger charge is 2.73. The number of hydrogen-bond donors (Lipinski definition) is 0. The van der Waals surface area contributed by atoms with Crippen LogP contribution in [0.1, 0.15) is 11.7 Å². The number of benzene rings is 5. The lowest BCUT2D eigenvalue weighted by Crippen LogP contribution is -2.21. The van der Waals surface area contributed by atoms with Gasteiger partial charge in [0.05, 0.1) is 17.1 Å². The quantitative estimate of drug-likeness (QED) is 0.191. The lowest BCUT2D eigenvalue weighted by atomic mass is 9.92. The molecule has 0 bridgehead atoms. The molecule has 200 valence electrons. The van der Waals surface area contributed by atoms with Gasteiger partial charge in [-0.05, 0) is 41.5 Å². The van der Waals surface area contributed by atoms with Crippen molar-refractivity contribution >= 4 is 65.7 Å². The van der Waals surface area contributed by atoms with E-state index in [-0.39, 0.29) is 11.7 Å². The molecule has 4 heteroatoms. The van der Waals surface area contributed by atoms with Crippen LogP contribution in [0, 0.1) is 0 Å². The Morgan fingerprint density at radius 2 is 1.42 bits per heavy atom. The van der Waals surface area contributed by atoms with Crippen molar-refractivity contribution < 1.29 is 8.83 Å². The van der Waals surface area contributed by atoms with E-state index in [0.29, 0.717) is 6.04 Å². The SMILES string of the molecule is C1=CC2=CC34c5cc6oc7ccccc7c6c6c7cccc(-c8ccc9oc%10ccccc%10c9c8)c7n(c56)C3N4C2C=C1. The molecule has 1 spiro atoms. The zero-order chi connectivity index (χ0) is 27.6. The highest BCUT2D eigenvalue weighted by atomic mass is 16.3. The molecule has 3 aliphatic heterocycles. The molecule has 4 atom stereocenters. The smallest absolute Gasteiger partial charge is 0.136 e. The Hall–Kier alpha value is -5.32. The number of rotatable bonds is 1. The molecule has 0 amide bonds. The van der Waals surface area contributed by atoms with Crippen LogP contribution in [-0.2, 0) is 5.54 Å². The molecule has 5 aromatic carbocycles. The summed E-state index contributed by atoms with van der Waals surface area (Å²) in [6.07, 6.45) is 11.7. The van der Waals surface area contributed by atoms with Gasteiger partial charge < -0.3 is 13.4 Å². The Labute approximate surface area is 245 Å². The van der Waals surface area contributed by atoms with Gasteiger partial charge in [0.2, 0.25) is 0 Å². The minimum Gasteiger partial charge on any atom is -0.456 e. The molecule has 0 radical (unpaired) electrons. The number of allylic oxidation sites excluding steroid dienone is 2. The molecule has 0 saturated carbocycles. The van der Waals surface area contributed by atoms with Crippen molar-refractivity contribution in [1.82, 2.24) is 9.47 Å². The highest BCUT2D eigenvalue weighted by molar-refractivity contribution is 6.30. The summed E-state index contributed by atoms with van der Waals surface area (Å²) in [6, 6.07) is 32.9. The van der Waals surface area contributed by atoms with Gasteiger partial charge in [-0.25, -0.2) is 0 Å². The molecule has 4 aliphatic rings. The van der Waals surface area contributed by atoms with Crippen molar-refractivity contribution in [2.45, 2.75) is 17.7 Å². The van der Waals surface area contributed by atoms with E-state index in [0.717, 1.165) is 33.1 Å². The predicted octanol–water partition coefficient (Wildman–Crippen LogP) is 9.72. The van der Waals surface area contributed by atoms with Crippen LogP contribution in [0.15, 0.2) is 136 Å². The van der Waals surface area contributed by atoms with Crippen LogP contribution < -0.4 is 0 Å². The monoisotopic (exact) mass is 550 g/mol. The van der Waals surface area contributed by atoms with E-state index < -0.39 is 0 Å². The average molecular weight is 551 g/mol. The second-order valence-corrected chi connectivity index (χ2v) is 12.4. The molecule has 8 aromatic rings. The molecule has 3 aromatic heterocycles. The molecule has 1 fully saturated rings. The average Bonchev–Trinajstić information content (AvgIpc) is 3.57. The van der Waals surface area contributed by atoms with Crippen molar-refractivity contribution in [3.63, 3.8) is 0 Å². The van der Waals surface area contributed by atoms with E-state index in [2.05, 4.69) is 125 Å². The van der Waals surface area contributed by atoms with Crippen LogP contribution in [0.4, 0.5) is 0 Å². The summed E-state index contributed by atoms with van der Waals surface area (Å²) in [4.78, 5) is 2.68. The maximum atomic E-state index is 6.58. The number of fused-ring (bicyclic) bond motifs is 14. The lowest BCUT2D eigenvalue weighted by Gasteiger charge is -2.19. The van der Waals surface area contributed by atoms with Crippen molar-refractivity contribution in [3.05, 3.63) is 133 Å². The van der Waals surface area contributed by atoms with Crippen molar-refractivity contribution in [2.75, 3.05) is 0 Å². The Balaban J connectivity index is 1.24. The summed E-state index contributed by atoms with van der Waals surface area (Å²) >= 11 is 0. The first-order valence-corrected chi connectivity index (χ1v) is 15.0. The molecule has 1 saturated heterocycles. The molecule has 0 N–H and O–H groups in total. The lowest BCUT2D eigenvalue weighted by molar-refractivity contribution is 0.417. The normalized spacial score (nSPS) is 24.6. The summed E-state index contributed by atoms with van der Waals surface area (Å²) in [6.45, 7) is 0. The molecule has 43 heavy (non-hydrogen) atoms. The predicted molar refractivity (Wildman–Crippen MR) is 172 cm³/mol. The maximum absolute atomic E-state index is 6.58. The van der Waals surface area contributed by atoms with Gasteiger partial charge in [0.15, 0.2) is 0 Å². The number of furan rings is 2. The van der Waals surface area contributed by atoms with E-state index >= 15 is 0 Å². The van der Waals surface area contributed by atoms with Crippen molar-refractivity contribution in [2.24, 2.45) is 0 Å². The van der Waals surface area contributed by atoms with E-state index in [4.69, 9.17) is 8.83 Å². The zero-order valence-corrected chi connectivity index (χ0v) is 22.9. The molecular weight excluding hydrogens is 528 g/mol. The fraction of sp³-hybridized carbons (Fsp3) is 0.0769. The summed E-state index contributed by atoms with van der Waals surface area (Å²) in [5.41, 5.74) is 11.5. The first-order valence-electron chi connectivity index (χ1n) is 15.0. The molecule has 4 unspecified atom stereocenters. The van der Waals surface area contributed by atoms with Crippen LogP contribution in [0.2, 0.25) is 0 Å². The van der Waals surface area contributed by atoms with Crippen molar-refractivity contribution in [1.29, 1.82) is 0 Å². The Bertz CT molecular complexity index is 2710. The third-order valence-corrected chi connectivity index (χ3v) is 10.5. The standard InChI is InChI=1S/C39H22N2O2/c1-4-13-29-22(8-1)20-39-28-19-33-34(25-10-3-6-15-31(25)43-33)35-26-12-7-11-23(36(26)40(37(28)35)38(39)41(29)39)21-16-17-32-27(18-21)24-9-2-5-14-30(24)42-32/h1-20,29,38H. The Morgan fingerprint density at radius 3 is 2.35 bits per heavy atom. The molecule has 6 heterocycles. The fourth-order valence-corrected chi connectivity index (χ4v) is 8.89. The third-order valence-electron chi connectivity index (χ3n) is 10.5. The topological polar surface area (TPSA) is 34.2 Å². The minimum atomic E-state index is -0.147. The number of para-hydroxylation sites is 3. The highest BCUT2D eigenvalue weighted by Crippen LogP contribution is 2.72. The number of hydrogen-bond acceptors (Lipinski definition) is 3. The van der Waals surface area contributed by atoms with E-state index in [9.17, 15) is 0 Å². The van der Waals surface area contributed by atoms with E-state index in [1.807, 2.05) is 6.07 Å². The summed E-state index contributed by atoms with van der Waals surface area (Å²) < 4.78 is 15.4. The third kappa shape index (κ3) is 2.26. The number of aromatic nitrogens is 1.